The van der Waals surface area contributed by atoms with E-state index in [0.717, 1.165) is 25.9 Å². The maximum absolute atomic E-state index is 12.7. The highest BCUT2D eigenvalue weighted by Gasteiger charge is 2.01. The van der Waals surface area contributed by atoms with E-state index >= 15 is 0 Å². The van der Waals surface area contributed by atoms with E-state index in [1.54, 1.807) is 28.7 Å². The molecular weight excluding hydrogens is 346 g/mol. The van der Waals surface area contributed by atoms with Crippen LogP contribution in [0.1, 0.15) is 26.7 Å². The topological polar surface area (TPSA) is 33.3 Å². The molecule has 2 unspecified atom stereocenters. The molecule has 3 nitrogen and oxygen atoms in total. The molecule has 5 heteroatoms. The second kappa shape index (κ2) is 11.9. The van der Waals surface area contributed by atoms with Crippen LogP contribution in [0.4, 0.5) is 4.39 Å². The Hall–Kier alpha value is -0.140. The molecule has 0 fully saturated rings. The van der Waals surface area contributed by atoms with Crippen LogP contribution in [0.2, 0.25) is 0 Å². The molecule has 0 saturated heterocycles. The van der Waals surface area contributed by atoms with Crippen LogP contribution in [0, 0.1) is 0 Å². The van der Waals surface area contributed by atoms with Crippen molar-refractivity contribution < 1.29 is 9.13 Å². The standard InChI is InChI=1S/C13H24FIN2O/c1-4-7-12(18-13(14)15)8-5-6-9-17-10-11(2)16-3/h4,7-8,11,13,16-17H,5-6,9-10H2,1-3H3/b7-4-,12-8+. The number of hydrogen-bond donors (Lipinski definition) is 2. The van der Waals surface area contributed by atoms with Crippen molar-refractivity contribution >= 4 is 22.6 Å². The monoisotopic (exact) mass is 370 g/mol. The van der Waals surface area contributed by atoms with E-state index < -0.39 is 4.36 Å². The van der Waals surface area contributed by atoms with Crippen LogP contribution in [0.5, 0.6) is 0 Å². The summed E-state index contributed by atoms with van der Waals surface area (Å²) in [6.45, 7) is 5.93. The third-order valence-electron chi connectivity index (χ3n) is 2.40. The summed E-state index contributed by atoms with van der Waals surface area (Å²) >= 11 is 1.60. The number of nitrogens with one attached hydrogen (secondary N) is 2. The summed E-state index contributed by atoms with van der Waals surface area (Å²) in [6.07, 6.45) is 7.44. The van der Waals surface area contributed by atoms with Gasteiger partial charge in [0.2, 0.25) is 0 Å². The van der Waals surface area contributed by atoms with Gasteiger partial charge in [0.05, 0.1) is 0 Å². The molecule has 0 radical (unpaired) electrons. The fourth-order valence-corrected chi connectivity index (χ4v) is 1.61. The van der Waals surface area contributed by atoms with Crippen molar-refractivity contribution in [2.24, 2.45) is 0 Å². The molecule has 0 aromatic carbocycles. The van der Waals surface area contributed by atoms with Gasteiger partial charge < -0.3 is 15.4 Å². The average Bonchev–Trinajstić information content (AvgIpc) is 2.32. The minimum absolute atomic E-state index is 0.480. The summed E-state index contributed by atoms with van der Waals surface area (Å²) in [5, 5.41) is 6.52. The summed E-state index contributed by atoms with van der Waals surface area (Å²) in [5.74, 6) is 0.600. The molecular formula is C13H24FIN2O. The predicted octanol–water partition coefficient (Wildman–Crippen LogP) is 3.13. The van der Waals surface area contributed by atoms with Crippen molar-refractivity contribution in [1.82, 2.24) is 10.6 Å². The van der Waals surface area contributed by atoms with E-state index in [2.05, 4.69) is 17.6 Å². The molecule has 0 bridgehead atoms. The number of unbranched alkanes of at least 4 members (excludes halogenated alkanes) is 1. The van der Waals surface area contributed by atoms with E-state index in [1.807, 2.05) is 26.1 Å². The molecule has 0 aliphatic carbocycles. The summed E-state index contributed by atoms with van der Waals surface area (Å²) < 4.78 is 16.4. The number of alkyl halides is 2. The molecule has 0 saturated carbocycles. The maximum Gasteiger partial charge on any atom is 0.288 e. The summed E-state index contributed by atoms with van der Waals surface area (Å²) in [4.78, 5) is 0. The molecule has 2 atom stereocenters. The van der Waals surface area contributed by atoms with Crippen LogP contribution in [-0.4, -0.2) is 30.5 Å². The first kappa shape index (κ1) is 17.9. The van der Waals surface area contributed by atoms with Crippen molar-refractivity contribution in [2.75, 3.05) is 20.1 Å². The first-order chi connectivity index (χ1) is 8.60. The van der Waals surface area contributed by atoms with Crippen molar-refractivity contribution in [3.63, 3.8) is 0 Å². The Bertz CT molecular complexity index is 257. The Morgan fingerprint density at radius 1 is 1.50 bits per heavy atom. The second-order valence-corrected chi connectivity index (χ2v) is 5.00. The lowest BCUT2D eigenvalue weighted by Crippen LogP contribution is -2.34. The van der Waals surface area contributed by atoms with E-state index in [0.29, 0.717) is 11.8 Å². The first-order valence-electron chi connectivity index (χ1n) is 6.25. The highest BCUT2D eigenvalue weighted by molar-refractivity contribution is 14.1. The fraction of sp³-hybridized carbons (Fsp3) is 0.692. The Morgan fingerprint density at radius 3 is 2.78 bits per heavy atom. The zero-order valence-electron chi connectivity index (χ0n) is 11.4. The average molecular weight is 370 g/mol. The second-order valence-electron chi connectivity index (χ2n) is 4.02. The normalized spacial score (nSPS) is 15.9. The van der Waals surface area contributed by atoms with Crippen molar-refractivity contribution in [2.45, 2.75) is 37.1 Å². The lowest BCUT2D eigenvalue weighted by Gasteiger charge is -2.10. The van der Waals surface area contributed by atoms with Gasteiger partial charge in [-0.25, -0.2) is 0 Å². The van der Waals surface area contributed by atoms with Crippen molar-refractivity contribution in [3.8, 4) is 0 Å². The number of halogens is 2. The Balaban J connectivity index is 3.76. The Labute approximate surface area is 123 Å². The quantitative estimate of drug-likeness (QED) is 0.204. The van der Waals surface area contributed by atoms with Gasteiger partial charge in [-0.1, -0.05) is 6.08 Å². The molecule has 0 aromatic rings. The van der Waals surface area contributed by atoms with Gasteiger partial charge in [0.15, 0.2) is 0 Å². The molecule has 106 valence electrons. The van der Waals surface area contributed by atoms with Crippen LogP contribution >= 0.6 is 22.6 Å². The number of hydrogen-bond acceptors (Lipinski definition) is 3. The maximum atomic E-state index is 12.7. The molecule has 0 aromatic heterocycles. The van der Waals surface area contributed by atoms with E-state index in [1.165, 1.54) is 0 Å². The van der Waals surface area contributed by atoms with Gasteiger partial charge in [-0.05, 0) is 52.4 Å². The minimum Gasteiger partial charge on any atom is -0.452 e. The van der Waals surface area contributed by atoms with Gasteiger partial charge in [-0.15, -0.1) is 0 Å². The predicted molar refractivity (Wildman–Crippen MR) is 83.5 cm³/mol. The molecule has 0 heterocycles. The van der Waals surface area contributed by atoms with Gasteiger partial charge in [0.25, 0.3) is 4.36 Å². The van der Waals surface area contributed by atoms with E-state index in [4.69, 9.17) is 4.74 Å². The van der Waals surface area contributed by atoms with Gasteiger partial charge in [-0.2, -0.15) is 4.39 Å². The van der Waals surface area contributed by atoms with Crippen LogP contribution < -0.4 is 10.6 Å². The molecule has 18 heavy (non-hydrogen) atoms. The van der Waals surface area contributed by atoms with Gasteiger partial charge in [0, 0.05) is 35.2 Å². The third kappa shape index (κ3) is 11.0. The summed E-state index contributed by atoms with van der Waals surface area (Å²) in [7, 11) is 1.95. The number of rotatable bonds is 10. The molecule has 0 amide bonds. The summed E-state index contributed by atoms with van der Waals surface area (Å²) in [6, 6.07) is 0.480. The third-order valence-corrected chi connectivity index (χ3v) is 2.66. The number of allylic oxidation sites excluding steroid dienone is 3. The molecule has 0 aliphatic rings. The van der Waals surface area contributed by atoms with Crippen LogP contribution in [-0.2, 0) is 4.74 Å². The molecule has 0 aliphatic heterocycles. The summed E-state index contributed by atoms with van der Waals surface area (Å²) in [5.41, 5.74) is 0. The largest absolute Gasteiger partial charge is 0.452 e. The van der Waals surface area contributed by atoms with Gasteiger partial charge in [0.1, 0.15) is 5.76 Å². The van der Waals surface area contributed by atoms with E-state index in [-0.39, 0.29) is 0 Å². The van der Waals surface area contributed by atoms with Crippen LogP contribution in [0.25, 0.3) is 0 Å². The zero-order valence-corrected chi connectivity index (χ0v) is 13.5. The number of likely N-dealkylation sites (N-methyl/N-ethyl adjacent to an activating group) is 1. The lowest BCUT2D eigenvalue weighted by molar-refractivity contribution is 0.104. The Morgan fingerprint density at radius 2 is 2.22 bits per heavy atom. The Kier molecular flexibility index (Phi) is 11.8. The molecule has 0 rings (SSSR count). The van der Waals surface area contributed by atoms with E-state index in [9.17, 15) is 4.39 Å². The highest BCUT2D eigenvalue weighted by atomic mass is 127. The fourth-order valence-electron chi connectivity index (χ4n) is 1.31. The van der Waals surface area contributed by atoms with Crippen molar-refractivity contribution in [3.05, 3.63) is 24.0 Å². The van der Waals surface area contributed by atoms with Gasteiger partial charge >= 0.3 is 0 Å². The molecule has 2 N–H and O–H groups in total. The minimum atomic E-state index is -1.29. The van der Waals surface area contributed by atoms with Crippen LogP contribution in [0.3, 0.4) is 0 Å². The van der Waals surface area contributed by atoms with Gasteiger partial charge in [-0.3, -0.25) is 0 Å². The first-order valence-corrected chi connectivity index (χ1v) is 7.50. The SMILES string of the molecule is C/C=C\C(=C/CCCNCC(C)NC)OC(F)I. The highest BCUT2D eigenvalue weighted by Crippen LogP contribution is 2.12. The van der Waals surface area contributed by atoms with Crippen LogP contribution in [0.15, 0.2) is 24.0 Å². The molecule has 0 spiro atoms. The lowest BCUT2D eigenvalue weighted by atomic mass is 10.2. The zero-order chi connectivity index (χ0) is 13.8. The van der Waals surface area contributed by atoms with Crippen molar-refractivity contribution in [1.29, 1.82) is 0 Å². The smallest absolute Gasteiger partial charge is 0.288 e. The number of ether oxygens (including phenoxy) is 1.